The van der Waals surface area contributed by atoms with E-state index in [1.54, 1.807) is 50.8 Å². The number of H-pyrrole nitrogens is 1. The normalized spacial score (nSPS) is 11.0. The van der Waals surface area contributed by atoms with Crippen LogP contribution in [0.4, 0.5) is 0 Å². The van der Waals surface area contributed by atoms with E-state index in [1.165, 1.54) is 4.68 Å². The number of rotatable bonds is 5. The lowest BCUT2D eigenvalue weighted by atomic mass is 10.2. The molecule has 0 saturated heterocycles. The van der Waals surface area contributed by atoms with Crippen molar-refractivity contribution in [3.63, 3.8) is 0 Å². The zero-order valence-electron chi connectivity index (χ0n) is 13.6. The van der Waals surface area contributed by atoms with E-state index in [0.29, 0.717) is 27.7 Å². The number of phenolic OH excluding ortho intramolecular Hbond substituents is 1. The molecular weight excluding hydrogens is 340 g/mol. The Balaban J connectivity index is 2.04. The molecule has 3 rings (SSSR count). The predicted octanol–water partition coefficient (Wildman–Crippen LogP) is 3.21. The van der Waals surface area contributed by atoms with Gasteiger partial charge in [0, 0.05) is 6.07 Å². The molecule has 0 saturated carbocycles. The van der Waals surface area contributed by atoms with Gasteiger partial charge in [0.05, 0.1) is 26.0 Å². The van der Waals surface area contributed by atoms with Crippen LogP contribution in [0, 0.1) is 4.77 Å². The smallest absolute Gasteiger partial charge is 0.216 e. The molecule has 1 heterocycles. The van der Waals surface area contributed by atoms with Crippen LogP contribution in [0.5, 0.6) is 17.2 Å². The molecule has 0 aliphatic heterocycles. The van der Waals surface area contributed by atoms with Crippen LogP contribution in [-0.2, 0) is 0 Å². The second kappa shape index (κ2) is 7.18. The van der Waals surface area contributed by atoms with Crippen molar-refractivity contribution in [3.8, 4) is 28.6 Å². The topological polar surface area (TPSA) is 84.7 Å². The molecular formula is C17H16N4O3S. The van der Waals surface area contributed by atoms with E-state index >= 15 is 0 Å². The summed E-state index contributed by atoms with van der Waals surface area (Å²) in [6, 6.07) is 12.1. The first-order valence-corrected chi connectivity index (χ1v) is 7.76. The van der Waals surface area contributed by atoms with E-state index < -0.39 is 0 Å². The van der Waals surface area contributed by atoms with Gasteiger partial charge in [0.1, 0.15) is 17.2 Å². The van der Waals surface area contributed by atoms with Crippen molar-refractivity contribution in [2.24, 2.45) is 5.10 Å². The van der Waals surface area contributed by atoms with Crippen LogP contribution < -0.4 is 9.47 Å². The van der Waals surface area contributed by atoms with Gasteiger partial charge in [-0.25, -0.2) is 5.10 Å². The average Bonchev–Trinajstić information content (AvgIpc) is 2.99. The fraction of sp³-hybridized carbons (Fsp3) is 0.118. The summed E-state index contributed by atoms with van der Waals surface area (Å²) in [6.07, 6.45) is 1.59. The Bertz CT molecular complexity index is 978. The second-order valence-electron chi connectivity index (χ2n) is 5.07. The molecule has 2 N–H and O–H groups in total. The van der Waals surface area contributed by atoms with E-state index in [1.807, 2.05) is 12.1 Å². The van der Waals surface area contributed by atoms with Crippen LogP contribution in [0.15, 0.2) is 47.6 Å². The molecule has 8 heteroatoms. The van der Waals surface area contributed by atoms with Gasteiger partial charge < -0.3 is 14.6 Å². The fourth-order valence-electron chi connectivity index (χ4n) is 2.29. The number of aromatic amines is 1. The molecule has 0 aliphatic rings. The maximum atomic E-state index is 9.54. The van der Waals surface area contributed by atoms with Crippen molar-refractivity contribution < 1.29 is 14.6 Å². The molecule has 128 valence electrons. The molecule has 0 unspecified atom stereocenters. The fourth-order valence-corrected chi connectivity index (χ4v) is 2.47. The zero-order chi connectivity index (χ0) is 17.8. The van der Waals surface area contributed by atoms with Crippen molar-refractivity contribution in [2.75, 3.05) is 14.2 Å². The van der Waals surface area contributed by atoms with Gasteiger partial charge in [-0.3, -0.25) is 0 Å². The van der Waals surface area contributed by atoms with Gasteiger partial charge in [0.25, 0.3) is 0 Å². The van der Waals surface area contributed by atoms with Crippen LogP contribution in [0.25, 0.3) is 11.4 Å². The maximum Gasteiger partial charge on any atom is 0.216 e. The third kappa shape index (κ3) is 3.53. The number of hydrogen-bond acceptors (Lipinski definition) is 6. The third-order valence-electron chi connectivity index (χ3n) is 3.49. The van der Waals surface area contributed by atoms with Crippen LogP contribution >= 0.6 is 12.2 Å². The quantitative estimate of drug-likeness (QED) is 0.542. The van der Waals surface area contributed by atoms with Gasteiger partial charge >= 0.3 is 0 Å². The number of methoxy groups -OCH3 is 2. The number of phenols is 1. The Morgan fingerprint density at radius 3 is 2.76 bits per heavy atom. The Kier molecular flexibility index (Phi) is 4.80. The zero-order valence-corrected chi connectivity index (χ0v) is 14.4. The molecule has 0 spiro atoms. The highest BCUT2D eigenvalue weighted by Crippen LogP contribution is 2.32. The SMILES string of the molecule is COc1ccc(-c2n[nH]c(=S)n2/N=C\c2cccc(O)c2)c(OC)c1. The van der Waals surface area contributed by atoms with Gasteiger partial charge in [-0.1, -0.05) is 12.1 Å². The predicted molar refractivity (Wildman–Crippen MR) is 97.1 cm³/mol. The maximum absolute atomic E-state index is 9.54. The summed E-state index contributed by atoms with van der Waals surface area (Å²) in [5, 5.41) is 20.9. The average molecular weight is 356 g/mol. The highest BCUT2D eigenvalue weighted by atomic mass is 32.1. The molecule has 0 amide bonds. The molecule has 0 atom stereocenters. The van der Waals surface area contributed by atoms with Gasteiger partial charge in [-0.15, -0.1) is 0 Å². The molecule has 1 aromatic heterocycles. The first-order valence-electron chi connectivity index (χ1n) is 7.35. The molecule has 7 nitrogen and oxygen atoms in total. The van der Waals surface area contributed by atoms with E-state index in [2.05, 4.69) is 15.3 Å². The highest BCUT2D eigenvalue weighted by Gasteiger charge is 2.14. The Hall–Kier alpha value is -3.13. The summed E-state index contributed by atoms with van der Waals surface area (Å²) >= 11 is 5.26. The summed E-state index contributed by atoms with van der Waals surface area (Å²) in [5.41, 5.74) is 1.44. The first kappa shape index (κ1) is 16.7. The van der Waals surface area contributed by atoms with E-state index in [0.717, 1.165) is 5.56 Å². The monoisotopic (exact) mass is 356 g/mol. The summed E-state index contributed by atoms with van der Waals surface area (Å²) < 4.78 is 12.5. The van der Waals surface area contributed by atoms with Crippen LogP contribution in [-0.4, -0.2) is 40.4 Å². The number of benzene rings is 2. The van der Waals surface area contributed by atoms with Gasteiger partial charge in [0.2, 0.25) is 4.77 Å². The molecule has 0 aliphatic carbocycles. The number of aromatic hydroxyl groups is 1. The molecule has 25 heavy (non-hydrogen) atoms. The Labute approximate surface area is 149 Å². The summed E-state index contributed by atoms with van der Waals surface area (Å²) in [4.78, 5) is 0. The Morgan fingerprint density at radius 1 is 1.20 bits per heavy atom. The van der Waals surface area contributed by atoms with Gasteiger partial charge in [-0.2, -0.15) is 14.9 Å². The van der Waals surface area contributed by atoms with E-state index in [4.69, 9.17) is 21.7 Å². The Morgan fingerprint density at radius 2 is 2.04 bits per heavy atom. The standard InChI is InChI=1S/C17H16N4O3S/c1-23-13-6-7-14(15(9-13)24-2)16-19-20-17(25)21(16)18-10-11-4-3-5-12(22)8-11/h3-10,22H,1-2H3,(H,20,25)/b18-10-. The van der Waals surface area contributed by atoms with Gasteiger partial charge in [-0.05, 0) is 42.0 Å². The van der Waals surface area contributed by atoms with Crippen molar-refractivity contribution >= 4 is 18.4 Å². The molecule has 0 fully saturated rings. The molecule has 0 radical (unpaired) electrons. The van der Waals surface area contributed by atoms with E-state index in [9.17, 15) is 5.11 Å². The minimum atomic E-state index is 0.164. The molecule has 3 aromatic rings. The number of aromatic nitrogens is 3. The largest absolute Gasteiger partial charge is 0.508 e. The summed E-state index contributed by atoms with van der Waals surface area (Å²) in [7, 11) is 3.16. The lowest BCUT2D eigenvalue weighted by molar-refractivity contribution is 0.395. The van der Waals surface area contributed by atoms with Crippen molar-refractivity contribution in [3.05, 3.63) is 52.8 Å². The number of ether oxygens (including phenoxy) is 2. The number of nitrogens with zero attached hydrogens (tertiary/aromatic N) is 3. The van der Waals surface area contributed by atoms with Crippen LogP contribution in [0.1, 0.15) is 5.56 Å². The summed E-state index contributed by atoms with van der Waals surface area (Å²) in [6.45, 7) is 0. The molecule has 2 aromatic carbocycles. The molecule has 0 bridgehead atoms. The number of hydrogen-bond donors (Lipinski definition) is 2. The van der Waals surface area contributed by atoms with Crippen LogP contribution in [0.3, 0.4) is 0 Å². The summed E-state index contributed by atoms with van der Waals surface area (Å²) in [5.74, 6) is 1.92. The minimum Gasteiger partial charge on any atom is -0.508 e. The van der Waals surface area contributed by atoms with Crippen LogP contribution in [0.2, 0.25) is 0 Å². The first-order chi connectivity index (χ1) is 12.1. The van der Waals surface area contributed by atoms with Gasteiger partial charge in [0.15, 0.2) is 5.82 Å². The minimum absolute atomic E-state index is 0.164. The van der Waals surface area contributed by atoms with E-state index in [-0.39, 0.29) is 5.75 Å². The van der Waals surface area contributed by atoms with Crippen molar-refractivity contribution in [1.29, 1.82) is 0 Å². The lowest BCUT2D eigenvalue weighted by Gasteiger charge is -2.09. The third-order valence-corrected chi connectivity index (χ3v) is 3.76. The second-order valence-corrected chi connectivity index (χ2v) is 5.46. The number of nitrogens with one attached hydrogen (secondary N) is 1. The lowest BCUT2D eigenvalue weighted by Crippen LogP contribution is -1.97. The van der Waals surface area contributed by atoms with Crippen molar-refractivity contribution in [2.45, 2.75) is 0 Å². The highest BCUT2D eigenvalue weighted by molar-refractivity contribution is 7.71. The van der Waals surface area contributed by atoms with Crippen molar-refractivity contribution in [1.82, 2.24) is 14.9 Å².